The van der Waals surface area contributed by atoms with Crippen LogP contribution in [0.25, 0.3) is 0 Å². The highest BCUT2D eigenvalue weighted by atomic mass is 16.5. The zero-order valence-corrected chi connectivity index (χ0v) is 15.0. The number of primary amides is 1. The van der Waals surface area contributed by atoms with Gasteiger partial charge in [-0.05, 0) is 61.7 Å². The van der Waals surface area contributed by atoms with Gasteiger partial charge in [0.1, 0.15) is 5.75 Å². The molecule has 0 heterocycles. The summed E-state index contributed by atoms with van der Waals surface area (Å²) in [6, 6.07) is 11.8. The minimum absolute atomic E-state index is 0.135. The van der Waals surface area contributed by atoms with E-state index in [-0.39, 0.29) is 24.5 Å². The summed E-state index contributed by atoms with van der Waals surface area (Å²) in [5.41, 5.74) is 7.40. The number of hydrogen-bond donors (Lipinski definition) is 3. The number of rotatable bonds is 7. The predicted octanol–water partition coefficient (Wildman–Crippen LogP) is 2.00. The number of nitrogens with one attached hydrogen (secondary N) is 2. The van der Waals surface area contributed by atoms with Crippen LogP contribution < -0.4 is 21.1 Å². The van der Waals surface area contributed by atoms with E-state index in [9.17, 15) is 14.4 Å². The first-order chi connectivity index (χ1) is 12.9. The predicted molar refractivity (Wildman–Crippen MR) is 101 cm³/mol. The molecule has 7 heteroatoms. The molecule has 0 aliphatic heterocycles. The quantitative estimate of drug-likeness (QED) is 0.695. The maximum Gasteiger partial charge on any atom is 0.255 e. The third-order valence-electron chi connectivity index (χ3n) is 4.16. The highest BCUT2D eigenvalue weighted by Gasteiger charge is 2.24. The van der Waals surface area contributed by atoms with Crippen molar-refractivity contribution in [1.82, 2.24) is 5.32 Å². The Hall–Kier alpha value is -3.35. The molecule has 7 nitrogen and oxygen atoms in total. The van der Waals surface area contributed by atoms with Crippen molar-refractivity contribution < 1.29 is 19.1 Å². The SMILES string of the molecule is Cc1ccc(C(=O)NC2CC2)cc1NC(=O)c1ccc(OCC(N)=O)cc1. The second kappa shape index (κ2) is 7.90. The minimum atomic E-state index is -0.571. The molecule has 140 valence electrons. The average molecular weight is 367 g/mol. The Bertz CT molecular complexity index is 873. The largest absolute Gasteiger partial charge is 0.484 e. The normalized spacial score (nSPS) is 12.9. The third kappa shape index (κ3) is 5.07. The Labute approximate surface area is 156 Å². The molecule has 0 radical (unpaired) electrons. The highest BCUT2D eigenvalue weighted by Crippen LogP contribution is 2.22. The van der Waals surface area contributed by atoms with Gasteiger partial charge in [-0.1, -0.05) is 6.07 Å². The van der Waals surface area contributed by atoms with Crippen molar-refractivity contribution in [3.05, 3.63) is 59.2 Å². The Morgan fingerprint density at radius 3 is 2.33 bits per heavy atom. The van der Waals surface area contributed by atoms with Gasteiger partial charge >= 0.3 is 0 Å². The zero-order chi connectivity index (χ0) is 19.4. The van der Waals surface area contributed by atoms with Gasteiger partial charge in [0.05, 0.1) is 0 Å². The number of carbonyl (C=O) groups excluding carboxylic acids is 3. The molecule has 1 aliphatic carbocycles. The molecule has 0 bridgehead atoms. The van der Waals surface area contributed by atoms with Crippen LogP contribution in [0.1, 0.15) is 39.1 Å². The fourth-order valence-corrected chi connectivity index (χ4v) is 2.45. The first-order valence-corrected chi connectivity index (χ1v) is 8.66. The van der Waals surface area contributed by atoms with Gasteiger partial charge in [0.15, 0.2) is 6.61 Å². The first-order valence-electron chi connectivity index (χ1n) is 8.66. The summed E-state index contributed by atoms with van der Waals surface area (Å²) in [6.45, 7) is 1.64. The Morgan fingerprint density at radius 1 is 1.04 bits per heavy atom. The van der Waals surface area contributed by atoms with Crippen molar-refractivity contribution in [3.8, 4) is 5.75 Å². The monoisotopic (exact) mass is 367 g/mol. The molecular formula is C20H21N3O4. The number of hydrogen-bond acceptors (Lipinski definition) is 4. The second-order valence-electron chi connectivity index (χ2n) is 6.51. The van der Waals surface area contributed by atoms with Crippen LogP contribution in [0.15, 0.2) is 42.5 Å². The molecule has 3 amide bonds. The van der Waals surface area contributed by atoms with E-state index in [1.165, 1.54) is 0 Å². The zero-order valence-electron chi connectivity index (χ0n) is 15.0. The summed E-state index contributed by atoms with van der Waals surface area (Å²) in [5, 5.41) is 5.76. The van der Waals surface area contributed by atoms with E-state index in [2.05, 4.69) is 10.6 Å². The van der Waals surface area contributed by atoms with Crippen LogP contribution >= 0.6 is 0 Å². The Morgan fingerprint density at radius 2 is 1.70 bits per heavy atom. The summed E-state index contributed by atoms with van der Waals surface area (Å²) in [6.07, 6.45) is 2.03. The van der Waals surface area contributed by atoms with E-state index >= 15 is 0 Å². The van der Waals surface area contributed by atoms with Crippen LogP contribution in [-0.4, -0.2) is 30.4 Å². The molecule has 2 aromatic carbocycles. The Balaban J connectivity index is 1.67. The molecule has 1 saturated carbocycles. The van der Waals surface area contributed by atoms with Gasteiger partial charge in [0.2, 0.25) is 0 Å². The third-order valence-corrected chi connectivity index (χ3v) is 4.16. The summed E-state index contributed by atoms with van der Waals surface area (Å²) < 4.78 is 5.17. The van der Waals surface area contributed by atoms with Crippen molar-refractivity contribution in [3.63, 3.8) is 0 Å². The number of nitrogens with two attached hydrogens (primary N) is 1. The van der Waals surface area contributed by atoms with Crippen molar-refractivity contribution in [2.75, 3.05) is 11.9 Å². The van der Waals surface area contributed by atoms with Crippen LogP contribution in [0.5, 0.6) is 5.75 Å². The lowest BCUT2D eigenvalue weighted by Gasteiger charge is -2.11. The van der Waals surface area contributed by atoms with Crippen LogP contribution in [-0.2, 0) is 4.79 Å². The molecule has 3 rings (SSSR count). The summed E-state index contributed by atoms with van der Waals surface area (Å²) in [5.74, 6) is -0.568. The van der Waals surface area contributed by atoms with E-state index < -0.39 is 5.91 Å². The van der Waals surface area contributed by atoms with Gasteiger partial charge < -0.3 is 21.1 Å². The topological polar surface area (TPSA) is 111 Å². The number of amides is 3. The fourth-order valence-electron chi connectivity index (χ4n) is 2.45. The van der Waals surface area contributed by atoms with Crippen LogP contribution in [0.2, 0.25) is 0 Å². The maximum atomic E-state index is 12.5. The lowest BCUT2D eigenvalue weighted by atomic mass is 10.1. The molecule has 4 N–H and O–H groups in total. The molecule has 0 atom stereocenters. The fraction of sp³-hybridized carbons (Fsp3) is 0.250. The van der Waals surface area contributed by atoms with E-state index in [1.54, 1.807) is 42.5 Å². The second-order valence-corrected chi connectivity index (χ2v) is 6.51. The number of ether oxygens (including phenoxy) is 1. The maximum absolute atomic E-state index is 12.5. The van der Waals surface area contributed by atoms with Gasteiger partial charge in [-0.25, -0.2) is 0 Å². The summed E-state index contributed by atoms with van der Waals surface area (Å²) in [4.78, 5) is 35.4. The number of carbonyl (C=O) groups is 3. The summed E-state index contributed by atoms with van der Waals surface area (Å²) >= 11 is 0. The van der Waals surface area contributed by atoms with Crippen molar-refractivity contribution in [2.45, 2.75) is 25.8 Å². The number of benzene rings is 2. The van der Waals surface area contributed by atoms with Crippen molar-refractivity contribution in [2.24, 2.45) is 5.73 Å². The van der Waals surface area contributed by atoms with Crippen molar-refractivity contribution >= 4 is 23.4 Å². The van der Waals surface area contributed by atoms with Gasteiger partial charge in [-0.15, -0.1) is 0 Å². The average Bonchev–Trinajstić information content (AvgIpc) is 3.46. The van der Waals surface area contributed by atoms with Crippen LogP contribution in [0, 0.1) is 6.92 Å². The lowest BCUT2D eigenvalue weighted by molar-refractivity contribution is -0.119. The van der Waals surface area contributed by atoms with Gasteiger partial charge in [0, 0.05) is 22.9 Å². The number of anilines is 1. The van der Waals surface area contributed by atoms with Gasteiger partial charge in [0.25, 0.3) is 17.7 Å². The molecule has 2 aromatic rings. The molecule has 0 aromatic heterocycles. The van der Waals surface area contributed by atoms with Gasteiger partial charge in [-0.3, -0.25) is 14.4 Å². The molecule has 0 saturated heterocycles. The number of aryl methyl sites for hydroxylation is 1. The first kappa shape index (κ1) is 18.4. The molecule has 0 spiro atoms. The van der Waals surface area contributed by atoms with E-state index in [0.717, 1.165) is 18.4 Å². The molecule has 27 heavy (non-hydrogen) atoms. The summed E-state index contributed by atoms with van der Waals surface area (Å²) in [7, 11) is 0. The molecule has 1 fully saturated rings. The van der Waals surface area contributed by atoms with Crippen LogP contribution in [0.3, 0.4) is 0 Å². The lowest BCUT2D eigenvalue weighted by Crippen LogP contribution is -2.25. The minimum Gasteiger partial charge on any atom is -0.484 e. The molecular weight excluding hydrogens is 346 g/mol. The van der Waals surface area contributed by atoms with Crippen LogP contribution in [0.4, 0.5) is 5.69 Å². The standard InChI is InChI=1S/C20H21N3O4/c1-12-2-3-14(20(26)22-15-6-7-15)10-17(12)23-19(25)13-4-8-16(9-5-13)27-11-18(21)24/h2-5,8-10,15H,6-7,11H2,1H3,(H2,21,24)(H,22,26)(H,23,25). The smallest absolute Gasteiger partial charge is 0.255 e. The van der Waals surface area contributed by atoms with E-state index in [0.29, 0.717) is 22.6 Å². The molecule has 0 unspecified atom stereocenters. The Kier molecular flexibility index (Phi) is 5.40. The molecule has 1 aliphatic rings. The van der Waals surface area contributed by atoms with E-state index in [1.807, 2.05) is 6.92 Å². The van der Waals surface area contributed by atoms with Crippen molar-refractivity contribution in [1.29, 1.82) is 0 Å². The van der Waals surface area contributed by atoms with E-state index in [4.69, 9.17) is 10.5 Å². The van der Waals surface area contributed by atoms with Gasteiger partial charge in [-0.2, -0.15) is 0 Å². The highest BCUT2D eigenvalue weighted by molar-refractivity contribution is 6.05.